The second-order valence-corrected chi connectivity index (χ2v) is 6.15. The number of benzene rings is 1. The molecule has 0 radical (unpaired) electrons. The Kier molecular flexibility index (Phi) is 5.63. The van der Waals surface area contributed by atoms with Crippen LogP contribution >= 0.6 is 31.9 Å². The van der Waals surface area contributed by atoms with E-state index in [-0.39, 0.29) is 6.10 Å². The fraction of sp³-hybridized carbons (Fsp3) is 0.357. The van der Waals surface area contributed by atoms with Crippen LogP contribution in [0.15, 0.2) is 27.2 Å². The lowest BCUT2D eigenvalue weighted by atomic mass is 10.1. The molecule has 1 aliphatic rings. The fourth-order valence-electron chi connectivity index (χ4n) is 1.93. The molecule has 1 N–H and O–H groups in total. The van der Waals surface area contributed by atoms with Crippen LogP contribution in [0.5, 0.6) is 5.75 Å². The molecule has 1 aromatic carbocycles. The predicted molar refractivity (Wildman–Crippen MR) is 83.0 cm³/mol. The van der Waals surface area contributed by atoms with E-state index in [0.717, 1.165) is 40.0 Å². The van der Waals surface area contributed by atoms with Crippen molar-refractivity contribution in [1.82, 2.24) is 0 Å². The third-order valence-corrected chi connectivity index (χ3v) is 4.02. The fourth-order valence-corrected chi connectivity index (χ4v) is 3.34. The van der Waals surface area contributed by atoms with Crippen LogP contribution in [0.2, 0.25) is 0 Å². The van der Waals surface area contributed by atoms with Gasteiger partial charge in [0.1, 0.15) is 11.9 Å². The molecule has 0 amide bonds. The number of aliphatic carboxylic acids is 1. The van der Waals surface area contributed by atoms with Gasteiger partial charge >= 0.3 is 5.97 Å². The van der Waals surface area contributed by atoms with Crippen molar-refractivity contribution in [2.75, 3.05) is 13.2 Å². The van der Waals surface area contributed by atoms with Gasteiger partial charge in [-0.15, -0.1) is 0 Å². The highest BCUT2D eigenvalue weighted by atomic mass is 79.9. The maximum absolute atomic E-state index is 10.5. The molecule has 4 nitrogen and oxygen atoms in total. The largest absolute Gasteiger partial charge is 0.486 e. The zero-order valence-electron chi connectivity index (χ0n) is 10.6. The molecule has 1 aromatic rings. The smallest absolute Gasteiger partial charge is 0.328 e. The summed E-state index contributed by atoms with van der Waals surface area (Å²) < 4.78 is 12.9. The van der Waals surface area contributed by atoms with Crippen LogP contribution in [0.3, 0.4) is 0 Å². The molecule has 20 heavy (non-hydrogen) atoms. The molecule has 0 bridgehead atoms. The number of hydrogen-bond acceptors (Lipinski definition) is 3. The van der Waals surface area contributed by atoms with Crippen molar-refractivity contribution in [3.05, 3.63) is 32.7 Å². The van der Waals surface area contributed by atoms with Gasteiger partial charge in [0.05, 0.1) is 15.6 Å². The van der Waals surface area contributed by atoms with E-state index < -0.39 is 5.97 Å². The van der Waals surface area contributed by atoms with Crippen molar-refractivity contribution in [3.63, 3.8) is 0 Å². The van der Waals surface area contributed by atoms with E-state index in [9.17, 15) is 4.79 Å². The summed E-state index contributed by atoms with van der Waals surface area (Å²) >= 11 is 6.91. The van der Waals surface area contributed by atoms with Gasteiger partial charge in [0.25, 0.3) is 0 Å². The molecule has 1 heterocycles. The van der Waals surface area contributed by atoms with Crippen LogP contribution in [0.1, 0.15) is 18.4 Å². The van der Waals surface area contributed by atoms with Crippen LogP contribution in [0.25, 0.3) is 6.08 Å². The molecule has 0 spiro atoms. The Morgan fingerprint density at radius 1 is 1.40 bits per heavy atom. The molecular formula is C14H14Br2O4. The summed E-state index contributed by atoms with van der Waals surface area (Å²) in [6, 6.07) is 3.65. The quantitative estimate of drug-likeness (QED) is 0.772. The summed E-state index contributed by atoms with van der Waals surface area (Å²) in [5.74, 6) is -0.259. The third kappa shape index (κ3) is 4.33. The first-order valence-corrected chi connectivity index (χ1v) is 7.79. The summed E-state index contributed by atoms with van der Waals surface area (Å²) in [6.45, 7) is 1.39. The van der Waals surface area contributed by atoms with Gasteiger partial charge in [-0.3, -0.25) is 0 Å². The normalized spacial score (nSPS) is 19.2. The van der Waals surface area contributed by atoms with Gasteiger partial charge < -0.3 is 14.6 Å². The minimum absolute atomic E-state index is 0.0526. The van der Waals surface area contributed by atoms with Gasteiger partial charge in [-0.1, -0.05) is 0 Å². The Hall–Kier alpha value is -0.850. The molecule has 1 aliphatic heterocycles. The Morgan fingerprint density at radius 3 is 2.65 bits per heavy atom. The Balaban J connectivity index is 2.15. The van der Waals surface area contributed by atoms with Gasteiger partial charge in [-0.2, -0.15) is 0 Å². The maximum atomic E-state index is 10.5. The van der Waals surface area contributed by atoms with Crippen LogP contribution in [0.4, 0.5) is 0 Å². The molecular weight excluding hydrogens is 392 g/mol. The number of halogens is 2. The molecule has 1 atom stereocenters. The van der Waals surface area contributed by atoms with Gasteiger partial charge in [-0.05, 0) is 68.5 Å². The Labute approximate surface area is 134 Å². The number of carbonyl (C=O) groups is 1. The maximum Gasteiger partial charge on any atom is 0.328 e. The third-order valence-electron chi connectivity index (χ3n) is 2.84. The molecule has 108 valence electrons. The molecule has 0 aliphatic carbocycles. The lowest BCUT2D eigenvalue weighted by Crippen LogP contribution is -2.28. The molecule has 6 heteroatoms. The van der Waals surface area contributed by atoms with E-state index in [1.54, 1.807) is 0 Å². The first kappa shape index (κ1) is 15.5. The van der Waals surface area contributed by atoms with Gasteiger partial charge in [0, 0.05) is 12.7 Å². The average molecular weight is 406 g/mol. The summed E-state index contributed by atoms with van der Waals surface area (Å²) in [6.07, 6.45) is 4.66. The molecule has 2 rings (SSSR count). The topological polar surface area (TPSA) is 55.8 Å². The number of carboxylic acids is 1. The van der Waals surface area contributed by atoms with E-state index in [2.05, 4.69) is 31.9 Å². The van der Waals surface area contributed by atoms with Crippen molar-refractivity contribution in [3.8, 4) is 5.75 Å². The number of ether oxygens (including phenoxy) is 2. The van der Waals surface area contributed by atoms with E-state index in [1.165, 1.54) is 6.08 Å². The monoisotopic (exact) mass is 404 g/mol. The molecule has 0 aromatic heterocycles. The SMILES string of the molecule is O=C(O)/C=C/c1cc(Br)c(OC2CCCOC2)c(Br)c1. The number of carboxylic acid groups (broad SMARTS) is 1. The summed E-state index contributed by atoms with van der Waals surface area (Å²) in [7, 11) is 0. The standard InChI is InChI=1S/C14H14Br2O4/c15-11-6-9(3-4-13(17)18)7-12(16)14(11)20-10-2-1-5-19-8-10/h3-4,6-7,10H,1-2,5,8H2,(H,17,18)/b4-3+. The molecule has 1 fully saturated rings. The summed E-state index contributed by atoms with van der Waals surface area (Å²) in [4.78, 5) is 10.5. The Morgan fingerprint density at radius 2 is 2.10 bits per heavy atom. The van der Waals surface area contributed by atoms with Crippen molar-refractivity contribution in [2.45, 2.75) is 18.9 Å². The van der Waals surface area contributed by atoms with Gasteiger partial charge in [0.15, 0.2) is 0 Å². The minimum atomic E-state index is -0.975. The second kappa shape index (κ2) is 7.24. The predicted octanol–water partition coefficient (Wildman–Crippen LogP) is 3.87. The van der Waals surface area contributed by atoms with E-state index in [4.69, 9.17) is 14.6 Å². The Bertz CT molecular complexity index is 499. The first-order valence-electron chi connectivity index (χ1n) is 6.20. The highest BCUT2D eigenvalue weighted by Gasteiger charge is 2.18. The average Bonchev–Trinajstić information content (AvgIpc) is 2.42. The van der Waals surface area contributed by atoms with Crippen molar-refractivity contribution in [2.24, 2.45) is 0 Å². The molecule has 0 saturated carbocycles. The lowest BCUT2D eigenvalue weighted by molar-refractivity contribution is -0.131. The van der Waals surface area contributed by atoms with E-state index in [0.29, 0.717) is 12.4 Å². The first-order chi connectivity index (χ1) is 9.56. The summed E-state index contributed by atoms with van der Waals surface area (Å²) in [5, 5.41) is 8.64. The molecule has 1 saturated heterocycles. The lowest BCUT2D eigenvalue weighted by Gasteiger charge is -2.24. The van der Waals surface area contributed by atoms with Crippen LogP contribution in [-0.4, -0.2) is 30.4 Å². The van der Waals surface area contributed by atoms with Gasteiger partial charge in [0.2, 0.25) is 0 Å². The van der Waals surface area contributed by atoms with Crippen molar-refractivity contribution < 1.29 is 19.4 Å². The number of hydrogen-bond donors (Lipinski definition) is 1. The zero-order chi connectivity index (χ0) is 14.5. The summed E-state index contributed by atoms with van der Waals surface area (Å²) in [5.41, 5.74) is 0.776. The van der Waals surface area contributed by atoms with Crippen LogP contribution < -0.4 is 4.74 Å². The van der Waals surface area contributed by atoms with Crippen molar-refractivity contribution >= 4 is 43.9 Å². The van der Waals surface area contributed by atoms with Crippen molar-refractivity contribution in [1.29, 1.82) is 0 Å². The van der Waals surface area contributed by atoms with E-state index in [1.807, 2.05) is 12.1 Å². The highest BCUT2D eigenvalue weighted by molar-refractivity contribution is 9.11. The molecule has 1 unspecified atom stereocenters. The second-order valence-electron chi connectivity index (χ2n) is 4.44. The number of rotatable bonds is 4. The zero-order valence-corrected chi connectivity index (χ0v) is 13.8. The minimum Gasteiger partial charge on any atom is -0.486 e. The van der Waals surface area contributed by atoms with Crippen LogP contribution in [-0.2, 0) is 9.53 Å². The van der Waals surface area contributed by atoms with E-state index >= 15 is 0 Å². The highest BCUT2D eigenvalue weighted by Crippen LogP contribution is 2.36. The van der Waals surface area contributed by atoms with Crippen LogP contribution in [0, 0.1) is 0 Å². The van der Waals surface area contributed by atoms with Gasteiger partial charge in [-0.25, -0.2) is 4.79 Å².